The quantitative estimate of drug-likeness (QED) is 0.232. The summed E-state index contributed by atoms with van der Waals surface area (Å²) in [6.07, 6.45) is 6.50. The van der Waals surface area contributed by atoms with Gasteiger partial charge in [-0.05, 0) is 43.3 Å². The first-order chi connectivity index (χ1) is 19.9. The topological polar surface area (TPSA) is 121 Å². The number of nitrogens with zero attached hydrogens (tertiary/aromatic N) is 3. The van der Waals surface area contributed by atoms with Crippen LogP contribution in [0.1, 0.15) is 17.6 Å². The Labute approximate surface area is 244 Å². The lowest BCUT2D eigenvalue weighted by Crippen LogP contribution is -2.36. The predicted molar refractivity (Wildman–Crippen MR) is 157 cm³/mol. The summed E-state index contributed by atoms with van der Waals surface area (Å²) in [7, 11) is 3.12. The Bertz CT molecular complexity index is 1670. The van der Waals surface area contributed by atoms with Crippen molar-refractivity contribution < 1.29 is 28.5 Å². The number of carbonyl (C=O) groups excluding carboxylic acids is 2. The Kier molecular flexibility index (Phi) is 8.18. The molecule has 1 unspecified atom stereocenters. The summed E-state index contributed by atoms with van der Waals surface area (Å²) in [5, 5.41) is 5.98. The molecule has 0 fully saturated rings. The summed E-state index contributed by atoms with van der Waals surface area (Å²) < 4.78 is 21.9. The minimum absolute atomic E-state index is 0.00977. The van der Waals surface area contributed by atoms with Gasteiger partial charge in [-0.15, -0.1) is 11.3 Å². The maximum Gasteiger partial charge on any atom is 0.311 e. The zero-order chi connectivity index (χ0) is 29.0. The van der Waals surface area contributed by atoms with Crippen LogP contribution in [0.5, 0.6) is 23.0 Å². The summed E-state index contributed by atoms with van der Waals surface area (Å²) in [5.41, 5.74) is 0.156. The molecule has 0 saturated carbocycles. The molecular weight excluding hydrogens is 568 g/mol. The molecule has 0 bridgehead atoms. The number of amides is 1. The molecular formula is C29H25ClN4O6S. The standard InChI is InChI=1S/C29H25ClN4O6S/c1-4-39-26(35)12-17-16-41-28(33-17)29(9-5-10-32-29)27(36)34-21-7-6-18(13-20(21)30)40-23-8-11-31-22-15-25(38-3)24(37-2)14-19(22)23/h5-11,13-16H,4,12H2,1-3H3,(H,34,36). The van der Waals surface area contributed by atoms with E-state index in [9.17, 15) is 9.59 Å². The van der Waals surface area contributed by atoms with Crippen molar-refractivity contribution in [3.63, 3.8) is 0 Å². The van der Waals surface area contributed by atoms with Gasteiger partial charge < -0.3 is 24.3 Å². The number of carbonyl (C=O) groups is 2. The van der Waals surface area contributed by atoms with Gasteiger partial charge in [0, 0.05) is 35.3 Å². The largest absolute Gasteiger partial charge is 0.493 e. The van der Waals surface area contributed by atoms with Crippen LogP contribution in [0.4, 0.5) is 5.69 Å². The fourth-order valence-electron chi connectivity index (χ4n) is 4.21. The third-order valence-corrected chi connectivity index (χ3v) is 7.51. The van der Waals surface area contributed by atoms with Crippen LogP contribution >= 0.6 is 22.9 Å². The number of ether oxygens (including phenoxy) is 4. The molecule has 10 nitrogen and oxygen atoms in total. The van der Waals surface area contributed by atoms with Gasteiger partial charge in [0.05, 0.1) is 49.2 Å². The van der Waals surface area contributed by atoms with Crippen molar-refractivity contribution in [3.8, 4) is 23.0 Å². The third-order valence-electron chi connectivity index (χ3n) is 6.18. The van der Waals surface area contributed by atoms with Crippen molar-refractivity contribution in [3.05, 3.63) is 75.9 Å². The van der Waals surface area contributed by atoms with Gasteiger partial charge in [-0.3, -0.25) is 19.6 Å². The Hall–Kier alpha value is -4.48. The van der Waals surface area contributed by atoms with Gasteiger partial charge in [0.25, 0.3) is 5.91 Å². The molecule has 0 radical (unpaired) electrons. The molecule has 12 heteroatoms. The number of thiazole rings is 1. The molecule has 1 aliphatic heterocycles. The minimum atomic E-state index is -1.38. The molecule has 3 heterocycles. The summed E-state index contributed by atoms with van der Waals surface area (Å²) >= 11 is 7.81. The summed E-state index contributed by atoms with van der Waals surface area (Å²) in [4.78, 5) is 38.7. The number of aliphatic imine (C=N–C) groups is 1. The molecule has 2 aromatic heterocycles. The molecule has 1 atom stereocenters. The second-order valence-electron chi connectivity index (χ2n) is 8.76. The zero-order valence-corrected chi connectivity index (χ0v) is 23.9. The fraction of sp³-hybridized carbons (Fsp3) is 0.207. The van der Waals surface area contributed by atoms with Crippen LogP contribution in [0.2, 0.25) is 5.02 Å². The van der Waals surface area contributed by atoms with E-state index in [0.717, 1.165) is 5.39 Å². The van der Waals surface area contributed by atoms with E-state index in [1.165, 1.54) is 17.6 Å². The van der Waals surface area contributed by atoms with Gasteiger partial charge in [-0.25, -0.2) is 4.98 Å². The van der Waals surface area contributed by atoms with Crippen LogP contribution < -0.4 is 19.5 Å². The second kappa shape index (κ2) is 11.9. The summed E-state index contributed by atoms with van der Waals surface area (Å²) in [6, 6.07) is 10.2. The first-order valence-corrected chi connectivity index (χ1v) is 13.8. The second-order valence-corrected chi connectivity index (χ2v) is 10.0. The number of benzene rings is 2. The first-order valence-electron chi connectivity index (χ1n) is 12.5. The molecule has 1 aliphatic rings. The van der Waals surface area contributed by atoms with E-state index in [1.807, 2.05) is 0 Å². The number of fused-ring (bicyclic) bond motifs is 1. The van der Waals surface area contributed by atoms with E-state index >= 15 is 0 Å². The minimum Gasteiger partial charge on any atom is -0.493 e. The smallest absolute Gasteiger partial charge is 0.311 e. The number of pyridine rings is 1. The van der Waals surface area contributed by atoms with Gasteiger partial charge in [0.1, 0.15) is 16.5 Å². The molecule has 0 saturated heterocycles. The summed E-state index contributed by atoms with van der Waals surface area (Å²) in [5.74, 6) is 1.25. The van der Waals surface area contributed by atoms with Crippen molar-refractivity contribution in [1.29, 1.82) is 0 Å². The molecule has 2 aromatic carbocycles. The number of halogens is 1. The molecule has 210 valence electrons. The van der Waals surface area contributed by atoms with Gasteiger partial charge in [-0.1, -0.05) is 11.6 Å². The SMILES string of the molecule is CCOC(=O)Cc1csc(C2(C(=O)Nc3ccc(Oc4ccnc5cc(OC)c(OC)cc45)cc3Cl)C=CC=N2)n1. The van der Waals surface area contributed by atoms with Crippen molar-refractivity contribution >= 4 is 57.6 Å². The van der Waals surface area contributed by atoms with Crippen molar-refractivity contribution in [2.75, 3.05) is 26.1 Å². The Morgan fingerprint density at radius 3 is 2.59 bits per heavy atom. The number of rotatable bonds is 10. The van der Waals surface area contributed by atoms with Gasteiger partial charge in [0.2, 0.25) is 5.54 Å². The van der Waals surface area contributed by atoms with Crippen molar-refractivity contribution in [2.24, 2.45) is 4.99 Å². The molecule has 5 rings (SSSR count). The van der Waals surface area contributed by atoms with E-state index < -0.39 is 11.4 Å². The van der Waals surface area contributed by atoms with Gasteiger partial charge >= 0.3 is 5.97 Å². The van der Waals surface area contributed by atoms with E-state index in [-0.39, 0.29) is 24.0 Å². The van der Waals surface area contributed by atoms with Crippen LogP contribution in [0, 0.1) is 0 Å². The average molecular weight is 593 g/mol. The van der Waals surface area contributed by atoms with Crippen LogP contribution in [0.15, 0.2) is 65.1 Å². The Balaban J connectivity index is 1.36. The van der Waals surface area contributed by atoms with Crippen LogP contribution in [0.3, 0.4) is 0 Å². The number of methoxy groups -OCH3 is 2. The number of esters is 1. The van der Waals surface area contributed by atoms with Crippen LogP contribution in [0.25, 0.3) is 10.9 Å². The molecule has 4 aromatic rings. The lowest BCUT2D eigenvalue weighted by Gasteiger charge is -2.21. The van der Waals surface area contributed by atoms with E-state index in [0.29, 0.717) is 44.9 Å². The van der Waals surface area contributed by atoms with Crippen LogP contribution in [-0.4, -0.2) is 48.9 Å². The summed E-state index contributed by atoms with van der Waals surface area (Å²) in [6.45, 7) is 2.02. The van der Waals surface area contributed by atoms with Gasteiger partial charge in [-0.2, -0.15) is 0 Å². The maximum atomic E-state index is 13.5. The number of nitrogens with one attached hydrogen (secondary N) is 1. The number of allylic oxidation sites excluding steroid dienone is 1. The molecule has 1 N–H and O–H groups in total. The zero-order valence-electron chi connectivity index (χ0n) is 22.3. The average Bonchev–Trinajstić information content (AvgIpc) is 3.65. The van der Waals surface area contributed by atoms with Crippen molar-refractivity contribution in [1.82, 2.24) is 9.97 Å². The molecule has 41 heavy (non-hydrogen) atoms. The lowest BCUT2D eigenvalue weighted by atomic mass is 10.0. The highest BCUT2D eigenvalue weighted by atomic mass is 35.5. The highest BCUT2D eigenvalue weighted by Gasteiger charge is 2.42. The monoisotopic (exact) mass is 592 g/mol. The van der Waals surface area contributed by atoms with Gasteiger partial charge in [0.15, 0.2) is 11.5 Å². The Morgan fingerprint density at radius 1 is 1.07 bits per heavy atom. The highest BCUT2D eigenvalue weighted by Crippen LogP contribution is 2.39. The fourth-order valence-corrected chi connectivity index (χ4v) is 5.37. The highest BCUT2D eigenvalue weighted by molar-refractivity contribution is 7.10. The Morgan fingerprint density at radius 2 is 1.88 bits per heavy atom. The number of anilines is 1. The maximum absolute atomic E-state index is 13.5. The van der Waals surface area contributed by atoms with E-state index in [1.54, 1.807) is 81.3 Å². The normalized spacial score (nSPS) is 15.6. The predicted octanol–water partition coefficient (Wildman–Crippen LogP) is 5.73. The number of hydrogen-bond donors (Lipinski definition) is 1. The third kappa shape index (κ3) is 5.72. The van der Waals surface area contributed by atoms with Crippen molar-refractivity contribution in [2.45, 2.75) is 18.9 Å². The van der Waals surface area contributed by atoms with E-state index in [2.05, 4.69) is 20.3 Å². The van der Waals surface area contributed by atoms with Crippen LogP contribution in [-0.2, 0) is 26.3 Å². The molecule has 1 amide bonds. The lowest BCUT2D eigenvalue weighted by molar-refractivity contribution is -0.142. The molecule has 0 aliphatic carbocycles. The van der Waals surface area contributed by atoms with E-state index in [4.69, 9.17) is 30.5 Å². The molecule has 0 spiro atoms. The number of aromatic nitrogens is 2. The number of hydrogen-bond acceptors (Lipinski definition) is 10. The first kappa shape index (κ1) is 28.1.